The third-order valence-electron chi connectivity index (χ3n) is 3.33. The highest BCUT2D eigenvalue weighted by molar-refractivity contribution is 5.28. The number of aryl methyl sites for hydroxylation is 3. The van der Waals surface area contributed by atoms with E-state index < -0.39 is 0 Å². The first-order chi connectivity index (χ1) is 9.81. The minimum absolute atomic E-state index is 0.716. The van der Waals surface area contributed by atoms with Crippen molar-refractivity contribution in [2.24, 2.45) is 0 Å². The van der Waals surface area contributed by atoms with Gasteiger partial charge in [0.2, 0.25) is 0 Å². The monoisotopic (exact) mass is 269 g/mol. The van der Waals surface area contributed by atoms with Crippen molar-refractivity contribution < 1.29 is 4.74 Å². The fraction of sp³-hybridized carbons (Fsp3) is 0.389. The van der Waals surface area contributed by atoms with Crippen molar-refractivity contribution in [1.29, 1.82) is 0 Å². The number of hydrogen-bond acceptors (Lipinski definition) is 2. The van der Waals surface area contributed by atoms with Crippen LogP contribution >= 0.6 is 0 Å². The van der Waals surface area contributed by atoms with Gasteiger partial charge >= 0.3 is 0 Å². The fourth-order valence-electron chi connectivity index (χ4n) is 2.23. The minimum atomic E-state index is 0.716. The molecule has 0 N–H and O–H groups in total. The maximum atomic E-state index is 5.45. The van der Waals surface area contributed by atoms with E-state index in [2.05, 4.69) is 36.2 Å². The summed E-state index contributed by atoms with van der Waals surface area (Å²) in [5.41, 5.74) is 3.82. The number of ether oxygens (including phenoxy) is 1. The van der Waals surface area contributed by atoms with Crippen LogP contribution < -0.4 is 4.74 Å². The molecular weight excluding hydrogens is 246 g/mol. The molecule has 1 heterocycles. The van der Waals surface area contributed by atoms with Crippen LogP contribution in [0.3, 0.4) is 0 Å². The Balaban J connectivity index is 1.87. The summed E-state index contributed by atoms with van der Waals surface area (Å²) in [5.74, 6) is 0.943. The molecule has 0 radical (unpaired) electrons. The number of hydrogen-bond donors (Lipinski definition) is 0. The summed E-state index contributed by atoms with van der Waals surface area (Å²) in [6, 6.07) is 12.7. The number of nitrogens with zero attached hydrogens (tertiary/aromatic N) is 1. The SMILES string of the molecule is CCCc1ccc(CCc2ccc(OCC)cc2)nc1. The average Bonchev–Trinajstić information content (AvgIpc) is 2.49. The first kappa shape index (κ1) is 14.6. The summed E-state index contributed by atoms with van der Waals surface area (Å²) in [5, 5.41) is 0. The molecular formula is C18H23NO. The van der Waals surface area contributed by atoms with Gasteiger partial charge < -0.3 is 4.74 Å². The van der Waals surface area contributed by atoms with Crippen LogP contribution in [0.25, 0.3) is 0 Å². The zero-order valence-corrected chi connectivity index (χ0v) is 12.4. The molecule has 0 amide bonds. The minimum Gasteiger partial charge on any atom is -0.494 e. The van der Waals surface area contributed by atoms with E-state index in [1.165, 1.54) is 23.2 Å². The van der Waals surface area contributed by atoms with Crippen LogP contribution in [0, 0.1) is 0 Å². The Morgan fingerprint density at radius 1 is 0.850 bits per heavy atom. The normalized spacial score (nSPS) is 10.5. The Bertz CT molecular complexity index is 452. The summed E-state index contributed by atoms with van der Waals surface area (Å²) in [7, 11) is 0. The van der Waals surface area contributed by atoms with Crippen molar-refractivity contribution in [3.05, 3.63) is 59.4 Å². The van der Waals surface area contributed by atoms with E-state index in [0.29, 0.717) is 6.61 Å². The van der Waals surface area contributed by atoms with Gasteiger partial charge in [0.25, 0.3) is 0 Å². The van der Waals surface area contributed by atoms with Crippen LogP contribution in [0.15, 0.2) is 42.6 Å². The summed E-state index contributed by atoms with van der Waals surface area (Å²) >= 11 is 0. The van der Waals surface area contributed by atoms with Crippen molar-refractivity contribution >= 4 is 0 Å². The first-order valence-electron chi connectivity index (χ1n) is 7.47. The zero-order chi connectivity index (χ0) is 14.2. The van der Waals surface area contributed by atoms with Gasteiger partial charge in [0.15, 0.2) is 0 Å². The average molecular weight is 269 g/mol. The molecule has 0 saturated carbocycles. The Kier molecular flexibility index (Phi) is 5.60. The molecule has 2 heteroatoms. The van der Waals surface area contributed by atoms with Crippen molar-refractivity contribution in [2.75, 3.05) is 6.61 Å². The molecule has 2 nitrogen and oxygen atoms in total. The van der Waals surface area contributed by atoms with Gasteiger partial charge in [-0.05, 0) is 55.5 Å². The van der Waals surface area contributed by atoms with Crippen molar-refractivity contribution in [3.8, 4) is 5.75 Å². The fourth-order valence-corrected chi connectivity index (χ4v) is 2.23. The van der Waals surface area contributed by atoms with Crippen molar-refractivity contribution in [2.45, 2.75) is 39.5 Å². The highest BCUT2D eigenvalue weighted by Gasteiger charge is 1.99. The highest BCUT2D eigenvalue weighted by Crippen LogP contribution is 2.14. The Labute approximate surface area is 121 Å². The Morgan fingerprint density at radius 2 is 1.60 bits per heavy atom. The zero-order valence-electron chi connectivity index (χ0n) is 12.4. The second-order valence-electron chi connectivity index (χ2n) is 4.98. The molecule has 0 aliphatic carbocycles. The van der Waals surface area contributed by atoms with Crippen molar-refractivity contribution in [1.82, 2.24) is 4.98 Å². The lowest BCUT2D eigenvalue weighted by molar-refractivity contribution is 0.340. The van der Waals surface area contributed by atoms with Gasteiger partial charge in [-0.15, -0.1) is 0 Å². The van der Waals surface area contributed by atoms with Crippen LogP contribution in [-0.2, 0) is 19.3 Å². The Hall–Kier alpha value is -1.83. The number of aromatic nitrogens is 1. The van der Waals surface area contributed by atoms with Crippen LogP contribution in [-0.4, -0.2) is 11.6 Å². The molecule has 20 heavy (non-hydrogen) atoms. The van der Waals surface area contributed by atoms with E-state index >= 15 is 0 Å². The van der Waals surface area contributed by atoms with Gasteiger partial charge in [-0.3, -0.25) is 4.98 Å². The maximum Gasteiger partial charge on any atom is 0.119 e. The van der Waals surface area contributed by atoms with Crippen molar-refractivity contribution in [3.63, 3.8) is 0 Å². The van der Waals surface area contributed by atoms with Crippen LogP contribution in [0.2, 0.25) is 0 Å². The maximum absolute atomic E-state index is 5.45. The lowest BCUT2D eigenvalue weighted by atomic mass is 10.1. The predicted molar refractivity (Wildman–Crippen MR) is 83.3 cm³/mol. The molecule has 0 aliphatic heterocycles. The van der Waals surface area contributed by atoms with E-state index in [-0.39, 0.29) is 0 Å². The van der Waals surface area contributed by atoms with E-state index in [0.717, 1.165) is 25.0 Å². The molecule has 0 spiro atoms. The number of rotatable bonds is 7. The summed E-state index contributed by atoms with van der Waals surface area (Å²) in [6.07, 6.45) is 6.31. The third-order valence-corrected chi connectivity index (χ3v) is 3.33. The van der Waals surface area contributed by atoms with Crippen LogP contribution in [0.5, 0.6) is 5.75 Å². The summed E-state index contributed by atoms with van der Waals surface area (Å²) in [4.78, 5) is 4.53. The van der Waals surface area contributed by atoms with Gasteiger partial charge in [0, 0.05) is 11.9 Å². The molecule has 106 valence electrons. The number of pyridine rings is 1. The van der Waals surface area contributed by atoms with Gasteiger partial charge in [-0.25, -0.2) is 0 Å². The molecule has 0 bridgehead atoms. The van der Waals surface area contributed by atoms with E-state index in [1.54, 1.807) is 0 Å². The highest BCUT2D eigenvalue weighted by atomic mass is 16.5. The predicted octanol–water partition coefficient (Wildman–Crippen LogP) is 4.22. The molecule has 2 rings (SSSR count). The number of benzene rings is 1. The standard InChI is InChI=1S/C18H23NO/c1-3-5-16-7-11-17(19-14-16)10-6-15-8-12-18(13-9-15)20-4-2/h7-9,11-14H,3-6,10H2,1-2H3. The molecule has 0 atom stereocenters. The van der Waals surface area contributed by atoms with Gasteiger partial charge in [-0.1, -0.05) is 31.5 Å². The molecule has 0 saturated heterocycles. The topological polar surface area (TPSA) is 22.1 Å². The Morgan fingerprint density at radius 3 is 2.20 bits per heavy atom. The lowest BCUT2D eigenvalue weighted by Gasteiger charge is -2.05. The van der Waals surface area contributed by atoms with Crippen LogP contribution in [0.1, 0.15) is 37.1 Å². The molecule has 0 aliphatic rings. The molecule has 0 fully saturated rings. The lowest BCUT2D eigenvalue weighted by Crippen LogP contribution is -1.96. The largest absolute Gasteiger partial charge is 0.494 e. The van der Waals surface area contributed by atoms with Gasteiger partial charge in [0.1, 0.15) is 5.75 Å². The second-order valence-corrected chi connectivity index (χ2v) is 4.98. The van der Waals surface area contributed by atoms with E-state index in [4.69, 9.17) is 4.74 Å². The summed E-state index contributed by atoms with van der Waals surface area (Å²) < 4.78 is 5.45. The van der Waals surface area contributed by atoms with Gasteiger partial charge in [0.05, 0.1) is 6.61 Å². The van der Waals surface area contributed by atoms with E-state index in [9.17, 15) is 0 Å². The molecule has 1 aromatic heterocycles. The quantitative estimate of drug-likeness (QED) is 0.751. The molecule has 0 unspecified atom stereocenters. The molecule has 1 aromatic carbocycles. The molecule has 2 aromatic rings. The summed E-state index contributed by atoms with van der Waals surface area (Å²) in [6.45, 7) is 4.91. The van der Waals surface area contributed by atoms with Crippen LogP contribution in [0.4, 0.5) is 0 Å². The second kappa shape index (κ2) is 7.68. The smallest absolute Gasteiger partial charge is 0.119 e. The first-order valence-corrected chi connectivity index (χ1v) is 7.47. The van der Waals surface area contributed by atoms with E-state index in [1.807, 2.05) is 25.3 Å². The van der Waals surface area contributed by atoms with Gasteiger partial charge in [-0.2, -0.15) is 0 Å². The third kappa shape index (κ3) is 4.37.